The summed E-state index contributed by atoms with van der Waals surface area (Å²) in [6.07, 6.45) is 1.32. The molecule has 2 heterocycles. The summed E-state index contributed by atoms with van der Waals surface area (Å²) in [5, 5.41) is 29.3. The first kappa shape index (κ1) is 12.8. The molecule has 2 rings (SSSR count). The second-order valence-electron chi connectivity index (χ2n) is 3.15. The maximum Gasteiger partial charge on any atom is 0.298 e. The van der Waals surface area contributed by atoms with Gasteiger partial charge >= 0.3 is 0 Å². The molecule has 0 aliphatic heterocycles. The molecule has 11 heteroatoms. The van der Waals surface area contributed by atoms with E-state index in [-0.39, 0.29) is 11.4 Å². The van der Waals surface area contributed by atoms with Crippen molar-refractivity contribution in [3.63, 3.8) is 0 Å². The van der Waals surface area contributed by atoms with E-state index in [9.17, 15) is 10.1 Å². The van der Waals surface area contributed by atoms with Crippen LogP contribution in [0.3, 0.4) is 0 Å². The van der Waals surface area contributed by atoms with Crippen LogP contribution in [0, 0.1) is 10.1 Å². The summed E-state index contributed by atoms with van der Waals surface area (Å²) in [5.74, 6) is -0.438. The van der Waals surface area contributed by atoms with E-state index < -0.39 is 10.8 Å². The molecule has 2 aromatic heterocycles. The van der Waals surface area contributed by atoms with Crippen LogP contribution in [-0.2, 0) is 0 Å². The van der Waals surface area contributed by atoms with E-state index >= 15 is 0 Å². The summed E-state index contributed by atoms with van der Waals surface area (Å²) in [4.78, 5) is 18.0. The van der Waals surface area contributed by atoms with Gasteiger partial charge in [0.25, 0.3) is 5.69 Å². The molecule has 98 valence electrons. The number of aromatic nitrogens is 4. The topological polar surface area (TPSA) is 156 Å². The highest BCUT2D eigenvalue weighted by molar-refractivity contribution is 7.99. The summed E-state index contributed by atoms with van der Waals surface area (Å²) in [7, 11) is 0. The van der Waals surface area contributed by atoms with E-state index in [1.165, 1.54) is 18.5 Å². The Balaban J connectivity index is 2.40. The molecule has 0 aliphatic carbocycles. The van der Waals surface area contributed by atoms with E-state index in [1.807, 2.05) is 0 Å². The van der Waals surface area contributed by atoms with Gasteiger partial charge in [-0.1, -0.05) is 5.16 Å². The molecule has 0 bridgehead atoms. The van der Waals surface area contributed by atoms with Crippen molar-refractivity contribution in [2.45, 2.75) is 10.2 Å². The highest BCUT2D eigenvalue weighted by Gasteiger charge is 2.20. The van der Waals surface area contributed by atoms with Gasteiger partial charge in [0, 0.05) is 6.07 Å². The van der Waals surface area contributed by atoms with Crippen molar-refractivity contribution in [2.24, 2.45) is 10.9 Å². The van der Waals surface area contributed by atoms with Gasteiger partial charge in [-0.2, -0.15) is 5.10 Å². The predicted octanol–water partition coefficient (Wildman–Crippen LogP) is 0.354. The number of hydrogen-bond donors (Lipinski definition) is 3. The molecule has 0 aromatic carbocycles. The fourth-order valence-electron chi connectivity index (χ4n) is 1.22. The summed E-state index contributed by atoms with van der Waals surface area (Å²) >= 11 is 1.10. The average molecular weight is 281 g/mol. The minimum Gasteiger partial charge on any atom is -0.409 e. The second-order valence-corrected chi connectivity index (χ2v) is 4.16. The molecule has 0 atom stereocenters. The molecular formula is C8H7N7O3S. The van der Waals surface area contributed by atoms with E-state index in [0.29, 0.717) is 10.2 Å². The Morgan fingerprint density at radius 3 is 2.95 bits per heavy atom. The summed E-state index contributed by atoms with van der Waals surface area (Å²) in [6, 6.07) is 2.65. The standard InChI is InChI=1S/C8H7N7O3S/c9-7(14-16)6-4(15(17)18)1-2-5(12-6)19-8-10-3-11-13-8/h1-3,16H,(H2,9,14)(H,10,11,13). The first-order valence-electron chi connectivity index (χ1n) is 4.78. The van der Waals surface area contributed by atoms with Gasteiger partial charge in [-0.05, 0) is 17.8 Å². The number of nitrogens with two attached hydrogens (primary N) is 1. The Bertz CT molecular complexity index is 627. The molecule has 0 saturated carbocycles. The maximum atomic E-state index is 10.8. The Hall–Kier alpha value is -2.69. The van der Waals surface area contributed by atoms with E-state index in [4.69, 9.17) is 10.9 Å². The van der Waals surface area contributed by atoms with Crippen molar-refractivity contribution < 1.29 is 10.1 Å². The van der Waals surface area contributed by atoms with Gasteiger partial charge in [-0.25, -0.2) is 9.97 Å². The van der Waals surface area contributed by atoms with Crippen LogP contribution in [0.25, 0.3) is 0 Å². The van der Waals surface area contributed by atoms with Crippen LogP contribution in [0.5, 0.6) is 0 Å². The highest BCUT2D eigenvalue weighted by Crippen LogP contribution is 2.25. The summed E-state index contributed by atoms with van der Waals surface area (Å²) < 4.78 is 0. The van der Waals surface area contributed by atoms with Gasteiger partial charge in [0.05, 0.1) is 4.92 Å². The molecule has 4 N–H and O–H groups in total. The predicted molar refractivity (Wildman–Crippen MR) is 63.9 cm³/mol. The number of hydrogen-bond acceptors (Lipinski definition) is 8. The number of nitro groups is 1. The van der Waals surface area contributed by atoms with Gasteiger partial charge in [-0.3, -0.25) is 15.2 Å². The maximum absolute atomic E-state index is 10.8. The first-order chi connectivity index (χ1) is 9.11. The van der Waals surface area contributed by atoms with E-state index in [1.54, 1.807) is 0 Å². The molecule has 10 nitrogen and oxygen atoms in total. The van der Waals surface area contributed by atoms with Crippen LogP contribution in [0.4, 0.5) is 5.69 Å². The summed E-state index contributed by atoms with van der Waals surface area (Å²) in [5.41, 5.74) is 4.80. The largest absolute Gasteiger partial charge is 0.409 e. The van der Waals surface area contributed by atoms with Crippen molar-refractivity contribution in [2.75, 3.05) is 0 Å². The van der Waals surface area contributed by atoms with Gasteiger partial charge in [0.1, 0.15) is 11.4 Å². The summed E-state index contributed by atoms with van der Waals surface area (Å²) in [6.45, 7) is 0. The van der Waals surface area contributed by atoms with Crippen molar-refractivity contribution in [1.29, 1.82) is 0 Å². The number of amidine groups is 1. The molecule has 0 aliphatic rings. The molecule has 0 unspecified atom stereocenters. The Kier molecular flexibility index (Phi) is 3.56. The van der Waals surface area contributed by atoms with Crippen LogP contribution in [0.1, 0.15) is 5.69 Å². The molecule has 0 radical (unpaired) electrons. The normalized spacial score (nSPS) is 11.5. The second kappa shape index (κ2) is 5.30. The van der Waals surface area contributed by atoms with Crippen molar-refractivity contribution in [3.05, 3.63) is 34.3 Å². The number of pyridine rings is 1. The fraction of sp³-hybridized carbons (Fsp3) is 0. The van der Waals surface area contributed by atoms with Gasteiger partial charge in [0.2, 0.25) is 0 Å². The van der Waals surface area contributed by atoms with Crippen LogP contribution >= 0.6 is 11.8 Å². The lowest BCUT2D eigenvalue weighted by Crippen LogP contribution is -2.17. The molecule has 0 saturated heterocycles. The quantitative estimate of drug-likeness (QED) is 0.238. The third-order valence-electron chi connectivity index (χ3n) is 1.99. The van der Waals surface area contributed by atoms with Gasteiger partial charge in [-0.15, -0.1) is 0 Å². The first-order valence-corrected chi connectivity index (χ1v) is 5.60. The molecule has 2 aromatic rings. The zero-order chi connectivity index (χ0) is 13.8. The third kappa shape index (κ3) is 2.77. The minimum atomic E-state index is -0.663. The zero-order valence-electron chi connectivity index (χ0n) is 9.22. The number of nitrogens with one attached hydrogen (secondary N) is 1. The van der Waals surface area contributed by atoms with Crippen molar-refractivity contribution in [3.8, 4) is 0 Å². The van der Waals surface area contributed by atoms with Crippen LogP contribution in [0.2, 0.25) is 0 Å². The number of aromatic amines is 1. The van der Waals surface area contributed by atoms with Crippen LogP contribution in [-0.4, -0.2) is 36.1 Å². The van der Waals surface area contributed by atoms with Crippen molar-refractivity contribution >= 4 is 23.3 Å². The van der Waals surface area contributed by atoms with Crippen molar-refractivity contribution in [1.82, 2.24) is 20.2 Å². The highest BCUT2D eigenvalue weighted by atomic mass is 32.2. The smallest absolute Gasteiger partial charge is 0.298 e. The van der Waals surface area contributed by atoms with Crippen LogP contribution < -0.4 is 5.73 Å². The lowest BCUT2D eigenvalue weighted by atomic mass is 10.3. The van der Waals surface area contributed by atoms with E-state index in [2.05, 4.69) is 25.3 Å². The van der Waals surface area contributed by atoms with Crippen LogP contribution in [0.15, 0.2) is 33.8 Å². The Labute approximate surface area is 109 Å². The Morgan fingerprint density at radius 1 is 1.58 bits per heavy atom. The molecule has 0 fully saturated rings. The molecule has 19 heavy (non-hydrogen) atoms. The average Bonchev–Trinajstić information content (AvgIpc) is 2.90. The minimum absolute atomic E-state index is 0.211. The number of rotatable bonds is 4. The SMILES string of the molecule is N/C(=N/O)c1nc(Sc2ncn[nH]2)ccc1[N+](=O)[O-]. The van der Waals surface area contributed by atoms with Gasteiger partial charge < -0.3 is 10.9 Å². The number of oxime groups is 1. The fourth-order valence-corrected chi connectivity index (χ4v) is 1.89. The Morgan fingerprint density at radius 2 is 2.37 bits per heavy atom. The van der Waals surface area contributed by atoms with E-state index in [0.717, 1.165) is 11.8 Å². The number of H-pyrrole nitrogens is 1. The molecular weight excluding hydrogens is 274 g/mol. The van der Waals surface area contributed by atoms with Gasteiger partial charge in [0.15, 0.2) is 16.7 Å². The monoisotopic (exact) mass is 281 g/mol. The third-order valence-corrected chi connectivity index (χ3v) is 2.82. The lowest BCUT2D eigenvalue weighted by molar-refractivity contribution is -0.385. The lowest BCUT2D eigenvalue weighted by Gasteiger charge is -2.02. The zero-order valence-corrected chi connectivity index (χ0v) is 10.0. The molecule has 0 spiro atoms. The molecule has 0 amide bonds. The number of nitrogens with zero attached hydrogens (tertiary/aromatic N) is 5.